The molecule has 0 aliphatic rings. The van der Waals surface area contributed by atoms with E-state index in [9.17, 15) is 4.79 Å². The SMILES string of the molecule is CCCOC(C)c1ccc(C(=O)Nc2cccc(Oc3ccccc3Cl)c2)c(C)n1. The molecule has 0 aliphatic heterocycles. The number of pyridine rings is 1. The van der Waals surface area contributed by atoms with Crippen LogP contribution in [-0.2, 0) is 4.74 Å². The van der Waals surface area contributed by atoms with Crippen molar-refractivity contribution in [1.82, 2.24) is 4.98 Å². The van der Waals surface area contributed by atoms with E-state index < -0.39 is 0 Å². The van der Waals surface area contributed by atoms with Crippen molar-refractivity contribution in [2.45, 2.75) is 33.3 Å². The van der Waals surface area contributed by atoms with Crippen LogP contribution in [0.3, 0.4) is 0 Å². The molecule has 6 heteroatoms. The van der Waals surface area contributed by atoms with Gasteiger partial charge in [0.1, 0.15) is 11.5 Å². The maximum Gasteiger partial charge on any atom is 0.257 e. The summed E-state index contributed by atoms with van der Waals surface area (Å²) < 4.78 is 11.5. The first-order valence-corrected chi connectivity index (χ1v) is 10.3. The van der Waals surface area contributed by atoms with Gasteiger partial charge in [-0.05, 0) is 56.7 Å². The first kappa shape index (κ1) is 21.8. The number of ether oxygens (including phenoxy) is 2. The zero-order valence-corrected chi connectivity index (χ0v) is 18.1. The molecule has 30 heavy (non-hydrogen) atoms. The second-order valence-electron chi connectivity index (χ2n) is 6.90. The third-order valence-electron chi connectivity index (χ3n) is 4.50. The molecule has 0 radical (unpaired) electrons. The van der Waals surface area contributed by atoms with Gasteiger partial charge in [0.2, 0.25) is 0 Å². The van der Waals surface area contributed by atoms with Gasteiger partial charge in [-0.15, -0.1) is 0 Å². The molecule has 3 rings (SSSR count). The van der Waals surface area contributed by atoms with Crippen LogP contribution in [0.25, 0.3) is 0 Å². The molecular formula is C24H25ClN2O3. The van der Waals surface area contributed by atoms with E-state index in [0.29, 0.717) is 40.1 Å². The van der Waals surface area contributed by atoms with Crippen molar-refractivity contribution in [3.63, 3.8) is 0 Å². The molecule has 1 N–H and O–H groups in total. The second kappa shape index (κ2) is 10.2. The number of aryl methyl sites for hydroxylation is 1. The summed E-state index contributed by atoms with van der Waals surface area (Å²) in [5.74, 6) is 0.897. The summed E-state index contributed by atoms with van der Waals surface area (Å²) in [6.07, 6.45) is 0.836. The molecule has 1 unspecified atom stereocenters. The van der Waals surface area contributed by atoms with Crippen molar-refractivity contribution in [2.24, 2.45) is 0 Å². The molecule has 1 amide bonds. The third kappa shape index (κ3) is 5.59. The number of para-hydroxylation sites is 1. The molecule has 0 aliphatic carbocycles. The van der Waals surface area contributed by atoms with Crippen LogP contribution in [0, 0.1) is 6.92 Å². The minimum atomic E-state index is -0.233. The average molecular weight is 425 g/mol. The van der Waals surface area contributed by atoms with E-state index in [4.69, 9.17) is 21.1 Å². The Bertz CT molecular complexity index is 1020. The summed E-state index contributed by atoms with van der Waals surface area (Å²) >= 11 is 6.15. The van der Waals surface area contributed by atoms with Gasteiger partial charge in [-0.3, -0.25) is 9.78 Å². The Morgan fingerprint density at radius 2 is 1.93 bits per heavy atom. The molecule has 0 saturated carbocycles. The number of nitrogens with one attached hydrogen (secondary N) is 1. The van der Waals surface area contributed by atoms with Crippen LogP contribution >= 0.6 is 11.6 Å². The first-order valence-electron chi connectivity index (χ1n) is 9.91. The number of amides is 1. The summed E-state index contributed by atoms with van der Waals surface area (Å²) in [5, 5.41) is 3.42. The number of carbonyl (C=O) groups is 1. The number of hydrogen-bond acceptors (Lipinski definition) is 4. The molecular weight excluding hydrogens is 400 g/mol. The van der Waals surface area contributed by atoms with Gasteiger partial charge < -0.3 is 14.8 Å². The Hall–Kier alpha value is -2.89. The third-order valence-corrected chi connectivity index (χ3v) is 4.81. The first-order chi connectivity index (χ1) is 14.5. The highest BCUT2D eigenvalue weighted by atomic mass is 35.5. The van der Waals surface area contributed by atoms with Gasteiger partial charge in [0.25, 0.3) is 5.91 Å². The van der Waals surface area contributed by atoms with Crippen LogP contribution < -0.4 is 10.1 Å². The van der Waals surface area contributed by atoms with Gasteiger partial charge in [-0.2, -0.15) is 0 Å². The molecule has 0 bridgehead atoms. The van der Waals surface area contributed by atoms with Gasteiger partial charge in [0.15, 0.2) is 0 Å². The van der Waals surface area contributed by atoms with Crippen molar-refractivity contribution < 1.29 is 14.3 Å². The maximum atomic E-state index is 12.8. The summed E-state index contributed by atoms with van der Waals surface area (Å²) in [5.41, 5.74) is 2.60. The van der Waals surface area contributed by atoms with E-state index in [1.807, 2.05) is 38.1 Å². The van der Waals surface area contributed by atoms with Crippen molar-refractivity contribution in [3.8, 4) is 11.5 Å². The molecule has 2 aromatic carbocycles. The molecule has 1 heterocycles. The highest BCUT2D eigenvalue weighted by Crippen LogP contribution is 2.30. The normalized spacial score (nSPS) is 11.7. The van der Waals surface area contributed by atoms with E-state index in [-0.39, 0.29) is 12.0 Å². The monoisotopic (exact) mass is 424 g/mol. The second-order valence-corrected chi connectivity index (χ2v) is 7.30. The molecule has 0 spiro atoms. The Labute approximate surface area is 182 Å². The minimum Gasteiger partial charge on any atom is -0.456 e. The molecule has 5 nitrogen and oxygen atoms in total. The minimum absolute atomic E-state index is 0.112. The lowest BCUT2D eigenvalue weighted by Crippen LogP contribution is -2.15. The fourth-order valence-electron chi connectivity index (χ4n) is 2.92. The van der Waals surface area contributed by atoms with Crippen molar-refractivity contribution >= 4 is 23.2 Å². The number of aromatic nitrogens is 1. The molecule has 1 atom stereocenters. The predicted molar refractivity (Wildman–Crippen MR) is 120 cm³/mol. The van der Waals surface area contributed by atoms with Crippen LogP contribution in [0.15, 0.2) is 60.7 Å². The van der Waals surface area contributed by atoms with E-state index in [2.05, 4.69) is 17.2 Å². The molecule has 156 valence electrons. The van der Waals surface area contributed by atoms with Gasteiger partial charge >= 0.3 is 0 Å². The lowest BCUT2D eigenvalue weighted by molar-refractivity contribution is 0.0632. The van der Waals surface area contributed by atoms with Gasteiger partial charge in [0.05, 0.1) is 28.1 Å². The van der Waals surface area contributed by atoms with Gasteiger partial charge in [-0.25, -0.2) is 0 Å². The van der Waals surface area contributed by atoms with Gasteiger partial charge in [0, 0.05) is 18.4 Å². The Balaban J connectivity index is 1.71. The van der Waals surface area contributed by atoms with Crippen LogP contribution in [0.1, 0.15) is 48.1 Å². The quantitative estimate of drug-likeness (QED) is 0.444. The topological polar surface area (TPSA) is 60.5 Å². The largest absolute Gasteiger partial charge is 0.456 e. The van der Waals surface area contributed by atoms with Gasteiger partial charge in [-0.1, -0.05) is 36.7 Å². The van der Waals surface area contributed by atoms with Crippen LogP contribution in [-0.4, -0.2) is 17.5 Å². The number of rotatable bonds is 8. The number of carbonyl (C=O) groups excluding carboxylic acids is 1. The van der Waals surface area contributed by atoms with Crippen LogP contribution in [0.4, 0.5) is 5.69 Å². The summed E-state index contributed by atoms with van der Waals surface area (Å²) in [4.78, 5) is 17.3. The van der Waals surface area contributed by atoms with Crippen molar-refractivity contribution in [3.05, 3.63) is 82.6 Å². The summed E-state index contributed by atoms with van der Waals surface area (Å²) in [7, 11) is 0. The van der Waals surface area contributed by atoms with Crippen LogP contribution in [0.2, 0.25) is 5.02 Å². The Kier molecular flexibility index (Phi) is 7.44. The lowest BCUT2D eigenvalue weighted by atomic mass is 10.1. The highest BCUT2D eigenvalue weighted by molar-refractivity contribution is 6.32. The number of benzene rings is 2. The maximum absolute atomic E-state index is 12.8. The fourth-order valence-corrected chi connectivity index (χ4v) is 3.09. The summed E-state index contributed by atoms with van der Waals surface area (Å²) in [6, 6.07) is 18.0. The molecule has 3 aromatic rings. The number of anilines is 1. The zero-order valence-electron chi connectivity index (χ0n) is 17.3. The Morgan fingerprint density at radius 1 is 1.13 bits per heavy atom. The molecule has 0 fully saturated rings. The molecule has 1 aromatic heterocycles. The standard InChI is InChI=1S/C24H25ClN2O3/c1-4-14-29-17(3)22-13-12-20(16(2)26-22)24(28)27-18-8-7-9-19(15-18)30-23-11-6-5-10-21(23)25/h5-13,15,17H,4,14H2,1-3H3,(H,27,28). The van der Waals surface area contributed by atoms with Crippen molar-refractivity contribution in [2.75, 3.05) is 11.9 Å². The van der Waals surface area contributed by atoms with E-state index in [1.165, 1.54) is 0 Å². The lowest BCUT2D eigenvalue weighted by Gasteiger charge is -2.14. The summed E-state index contributed by atoms with van der Waals surface area (Å²) in [6.45, 7) is 6.52. The van der Waals surface area contributed by atoms with E-state index >= 15 is 0 Å². The Morgan fingerprint density at radius 3 is 2.67 bits per heavy atom. The van der Waals surface area contributed by atoms with E-state index in [0.717, 1.165) is 12.1 Å². The number of nitrogens with zero attached hydrogens (tertiary/aromatic N) is 1. The number of halogens is 1. The zero-order chi connectivity index (χ0) is 21.5. The van der Waals surface area contributed by atoms with Crippen molar-refractivity contribution in [1.29, 1.82) is 0 Å². The predicted octanol–water partition coefficient (Wildman–Crippen LogP) is 6.58. The molecule has 0 saturated heterocycles. The fraction of sp³-hybridized carbons (Fsp3) is 0.250. The van der Waals surface area contributed by atoms with Crippen LogP contribution in [0.5, 0.6) is 11.5 Å². The highest BCUT2D eigenvalue weighted by Gasteiger charge is 2.14. The van der Waals surface area contributed by atoms with E-state index in [1.54, 1.807) is 36.4 Å². The smallest absolute Gasteiger partial charge is 0.257 e. The average Bonchev–Trinajstić information content (AvgIpc) is 2.73. The number of hydrogen-bond donors (Lipinski definition) is 1.